The van der Waals surface area contributed by atoms with Crippen molar-refractivity contribution in [2.45, 2.75) is 0 Å². The fraction of sp³-hybridized carbons (Fsp3) is 0.150. The van der Waals surface area contributed by atoms with Crippen molar-refractivity contribution in [3.05, 3.63) is 72.3 Å². The van der Waals surface area contributed by atoms with Crippen LogP contribution in [0, 0.1) is 0 Å². The second kappa shape index (κ2) is 8.49. The van der Waals surface area contributed by atoms with Gasteiger partial charge in [0.15, 0.2) is 5.17 Å². The number of rotatable bonds is 6. The molecule has 0 aliphatic carbocycles. The highest BCUT2D eigenvalue weighted by Crippen LogP contribution is 2.37. The zero-order chi connectivity index (χ0) is 18.4. The van der Waals surface area contributed by atoms with E-state index in [1.54, 1.807) is 32.1 Å². The van der Waals surface area contributed by atoms with Gasteiger partial charge in [-0.3, -0.25) is 15.8 Å². The van der Waals surface area contributed by atoms with Crippen LogP contribution in [0.2, 0.25) is 0 Å². The molecule has 0 saturated carbocycles. The van der Waals surface area contributed by atoms with Crippen LogP contribution in [0.4, 0.5) is 0 Å². The lowest BCUT2D eigenvalue weighted by Gasteiger charge is -2.25. The molecular formula is C20H21N3O2S. The van der Waals surface area contributed by atoms with E-state index >= 15 is 0 Å². The van der Waals surface area contributed by atoms with Gasteiger partial charge in [0.05, 0.1) is 26.5 Å². The molecule has 0 spiro atoms. The number of methoxy groups -OCH3 is 2. The number of ether oxygens (including phenoxy) is 2. The predicted octanol–water partition coefficient (Wildman–Crippen LogP) is 3.91. The first-order chi connectivity index (χ1) is 12.7. The molecule has 0 bridgehead atoms. The number of amidine groups is 1. The number of hydrazine groups is 1. The van der Waals surface area contributed by atoms with E-state index < -0.39 is 0 Å². The highest BCUT2D eigenvalue weighted by molar-refractivity contribution is 8.21. The van der Waals surface area contributed by atoms with Gasteiger partial charge in [-0.2, -0.15) is 0 Å². The Labute approximate surface area is 157 Å². The van der Waals surface area contributed by atoms with Gasteiger partial charge >= 0.3 is 0 Å². The van der Waals surface area contributed by atoms with E-state index in [1.807, 2.05) is 48.5 Å². The van der Waals surface area contributed by atoms with Gasteiger partial charge in [-0.05, 0) is 53.7 Å². The summed E-state index contributed by atoms with van der Waals surface area (Å²) in [6.07, 6.45) is 1.77. The number of nitrogens with zero attached hydrogens (tertiary/aromatic N) is 1. The molecule has 2 aromatic rings. The largest absolute Gasteiger partial charge is 0.497 e. The normalized spacial score (nSPS) is 15.2. The first-order valence-electron chi connectivity index (χ1n) is 8.13. The summed E-state index contributed by atoms with van der Waals surface area (Å²) < 4.78 is 10.5. The Morgan fingerprint density at radius 1 is 0.923 bits per heavy atom. The van der Waals surface area contributed by atoms with Gasteiger partial charge in [-0.1, -0.05) is 18.2 Å². The minimum atomic E-state index is 0.560. The molecule has 1 aliphatic heterocycles. The van der Waals surface area contributed by atoms with E-state index in [9.17, 15) is 0 Å². The van der Waals surface area contributed by atoms with E-state index in [0.717, 1.165) is 38.4 Å². The highest BCUT2D eigenvalue weighted by atomic mass is 32.2. The average Bonchev–Trinajstić information content (AvgIpc) is 2.72. The van der Waals surface area contributed by atoms with E-state index in [2.05, 4.69) is 22.4 Å². The maximum Gasteiger partial charge on any atom is 0.180 e. The van der Waals surface area contributed by atoms with Gasteiger partial charge in [-0.25, -0.2) is 0 Å². The second-order valence-corrected chi connectivity index (χ2v) is 6.45. The van der Waals surface area contributed by atoms with Crippen LogP contribution < -0.4 is 20.3 Å². The van der Waals surface area contributed by atoms with Crippen molar-refractivity contribution in [2.24, 2.45) is 4.99 Å². The summed E-state index contributed by atoms with van der Waals surface area (Å²) in [4.78, 5) is 5.56. The summed E-state index contributed by atoms with van der Waals surface area (Å²) >= 11 is 1.59. The number of hydrogen-bond acceptors (Lipinski definition) is 5. The second-order valence-electron chi connectivity index (χ2n) is 5.45. The monoisotopic (exact) mass is 367 g/mol. The number of nitrogens with one attached hydrogen (secondary N) is 2. The van der Waals surface area contributed by atoms with Crippen molar-refractivity contribution in [3.63, 3.8) is 0 Å². The minimum absolute atomic E-state index is 0.560. The van der Waals surface area contributed by atoms with Gasteiger partial charge in [0.1, 0.15) is 11.5 Å². The van der Waals surface area contributed by atoms with Crippen molar-refractivity contribution < 1.29 is 9.47 Å². The van der Waals surface area contributed by atoms with Crippen LogP contribution in [0.1, 0.15) is 11.1 Å². The summed E-state index contributed by atoms with van der Waals surface area (Å²) in [5.74, 6) is 1.65. The van der Waals surface area contributed by atoms with Crippen LogP contribution >= 0.6 is 11.8 Å². The molecule has 1 aliphatic rings. The van der Waals surface area contributed by atoms with Gasteiger partial charge < -0.3 is 9.47 Å². The van der Waals surface area contributed by atoms with E-state index in [1.165, 1.54) is 0 Å². The van der Waals surface area contributed by atoms with Crippen molar-refractivity contribution in [1.82, 2.24) is 10.9 Å². The summed E-state index contributed by atoms with van der Waals surface area (Å²) in [6, 6.07) is 15.9. The number of benzene rings is 2. The lowest BCUT2D eigenvalue weighted by atomic mass is 10.1. The molecule has 0 radical (unpaired) electrons. The van der Waals surface area contributed by atoms with E-state index in [0.29, 0.717) is 6.54 Å². The predicted molar refractivity (Wildman–Crippen MR) is 109 cm³/mol. The number of hydrogen-bond donors (Lipinski definition) is 2. The fourth-order valence-electron chi connectivity index (χ4n) is 2.47. The first kappa shape index (κ1) is 17.9. The molecule has 134 valence electrons. The van der Waals surface area contributed by atoms with Crippen LogP contribution in [0.5, 0.6) is 11.5 Å². The molecule has 2 N–H and O–H groups in total. The maximum absolute atomic E-state index is 5.27. The Kier molecular flexibility index (Phi) is 5.86. The molecule has 3 rings (SSSR count). The smallest absolute Gasteiger partial charge is 0.180 e. The SMILES string of the molecule is C=CCN=C1NNC(c2ccc(OC)cc2)=C(c2ccc(OC)cc2)S1. The summed E-state index contributed by atoms with van der Waals surface area (Å²) in [7, 11) is 3.33. The topological polar surface area (TPSA) is 54.9 Å². The Balaban J connectivity index is 2.03. The van der Waals surface area contributed by atoms with Gasteiger partial charge in [0.2, 0.25) is 0 Å². The maximum atomic E-state index is 5.27. The third-order valence-corrected chi connectivity index (χ3v) is 4.88. The lowest BCUT2D eigenvalue weighted by Crippen LogP contribution is -2.38. The van der Waals surface area contributed by atoms with Crippen LogP contribution in [0.15, 0.2) is 66.2 Å². The van der Waals surface area contributed by atoms with Crippen molar-refractivity contribution in [1.29, 1.82) is 0 Å². The standard InChI is InChI=1S/C20H21N3O2S/c1-4-13-21-20-23-22-18(14-5-9-16(24-2)10-6-14)19(26-20)15-7-11-17(25-3)12-8-15/h4-12,22H,1,13H2,2-3H3,(H,21,23). The Morgan fingerprint density at radius 2 is 1.50 bits per heavy atom. The Morgan fingerprint density at radius 3 is 2.04 bits per heavy atom. The Bertz CT molecular complexity index is 827. The highest BCUT2D eigenvalue weighted by Gasteiger charge is 2.20. The Hall–Kier alpha value is -2.86. The van der Waals surface area contributed by atoms with Gasteiger partial charge in [0.25, 0.3) is 0 Å². The molecular weight excluding hydrogens is 346 g/mol. The summed E-state index contributed by atoms with van der Waals surface area (Å²) in [6.45, 7) is 4.28. The van der Waals surface area contributed by atoms with Crippen molar-refractivity contribution in [2.75, 3.05) is 20.8 Å². The van der Waals surface area contributed by atoms with Crippen LogP contribution in [0.25, 0.3) is 10.6 Å². The third kappa shape index (κ3) is 4.03. The number of aliphatic imine (C=N–C) groups is 1. The summed E-state index contributed by atoms with van der Waals surface area (Å²) in [5, 5.41) is 0.799. The van der Waals surface area contributed by atoms with Gasteiger partial charge in [-0.15, -0.1) is 6.58 Å². The number of thioether (sulfide) groups is 1. The molecule has 0 saturated heterocycles. The average molecular weight is 367 g/mol. The molecule has 0 unspecified atom stereocenters. The van der Waals surface area contributed by atoms with Crippen LogP contribution in [-0.2, 0) is 0 Å². The molecule has 0 amide bonds. The van der Waals surface area contributed by atoms with E-state index in [-0.39, 0.29) is 0 Å². The zero-order valence-corrected chi connectivity index (χ0v) is 15.6. The fourth-order valence-corrected chi connectivity index (χ4v) is 3.43. The molecule has 1 heterocycles. The molecule has 0 aromatic heterocycles. The van der Waals surface area contributed by atoms with E-state index in [4.69, 9.17) is 9.47 Å². The summed E-state index contributed by atoms with van der Waals surface area (Å²) in [5.41, 5.74) is 9.56. The lowest BCUT2D eigenvalue weighted by molar-refractivity contribution is 0.414. The molecule has 5 nitrogen and oxygen atoms in total. The van der Waals surface area contributed by atoms with Crippen LogP contribution in [-0.4, -0.2) is 25.9 Å². The minimum Gasteiger partial charge on any atom is -0.497 e. The molecule has 0 fully saturated rings. The first-order valence-corrected chi connectivity index (χ1v) is 8.95. The molecule has 2 aromatic carbocycles. The molecule has 6 heteroatoms. The zero-order valence-electron chi connectivity index (χ0n) is 14.8. The molecule has 0 atom stereocenters. The van der Waals surface area contributed by atoms with Crippen molar-refractivity contribution in [3.8, 4) is 11.5 Å². The molecule has 26 heavy (non-hydrogen) atoms. The van der Waals surface area contributed by atoms with Gasteiger partial charge in [0, 0.05) is 10.5 Å². The van der Waals surface area contributed by atoms with Crippen LogP contribution in [0.3, 0.4) is 0 Å². The third-order valence-electron chi connectivity index (χ3n) is 3.82. The van der Waals surface area contributed by atoms with Crippen molar-refractivity contribution >= 4 is 27.5 Å². The quantitative estimate of drug-likeness (QED) is 0.758.